The van der Waals surface area contributed by atoms with Gasteiger partial charge in [-0.25, -0.2) is 9.36 Å². The van der Waals surface area contributed by atoms with Crippen LogP contribution in [0.15, 0.2) is 35.3 Å². The van der Waals surface area contributed by atoms with Gasteiger partial charge < -0.3 is 10.2 Å². The predicted molar refractivity (Wildman–Crippen MR) is 81.3 cm³/mol. The molecule has 0 fully saturated rings. The van der Waals surface area contributed by atoms with E-state index in [0.717, 1.165) is 4.57 Å². The van der Waals surface area contributed by atoms with Crippen molar-refractivity contribution in [3.05, 3.63) is 52.2 Å². The Balaban J connectivity index is 2.09. The number of aliphatic hydroxyl groups excluding tert-OH is 1. The average molecular weight is 308 g/mol. The van der Waals surface area contributed by atoms with Gasteiger partial charge in [-0.3, -0.25) is 9.55 Å². The Morgan fingerprint density at radius 3 is 2.91 bits per heavy atom. The van der Waals surface area contributed by atoms with Gasteiger partial charge in [-0.05, 0) is 30.7 Å². The molecule has 7 nitrogen and oxygen atoms in total. The molecule has 0 amide bonds. The molecular weight excluding hydrogens is 296 g/mol. The number of imidazole rings is 1. The van der Waals surface area contributed by atoms with Crippen LogP contribution in [0, 0.1) is 11.3 Å². The number of fused-ring (bicyclic) bond motifs is 2. The second-order valence-electron chi connectivity index (χ2n) is 5.43. The van der Waals surface area contributed by atoms with E-state index < -0.39 is 11.8 Å². The van der Waals surface area contributed by atoms with Crippen molar-refractivity contribution in [2.24, 2.45) is 0 Å². The number of hydrogen-bond acceptors (Lipinski definition) is 5. The molecule has 3 heterocycles. The fourth-order valence-electron chi connectivity index (χ4n) is 3.14. The summed E-state index contributed by atoms with van der Waals surface area (Å²) in [6.45, 7) is 0.359. The molecule has 3 aromatic rings. The first-order valence-corrected chi connectivity index (χ1v) is 7.14. The number of hydrogen-bond donors (Lipinski definition) is 2. The summed E-state index contributed by atoms with van der Waals surface area (Å²) in [4.78, 5) is 16.8. The molecule has 7 heteroatoms. The van der Waals surface area contributed by atoms with E-state index in [1.165, 1.54) is 4.57 Å². The lowest BCUT2D eigenvalue weighted by atomic mass is 10.1. The fraction of sp³-hybridized carbons (Fsp3) is 0.188. The monoisotopic (exact) mass is 308 g/mol. The van der Waals surface area contributed by atoms with Crippen LogP contribution in [0.1, 0.15) is 23.8 Å². The standard InChI is InChI=1S/C16H12N4O3/c17-8-9-3-4-11(13-10(9)2-1-6-18-13)20-15(22)14-12(21)5-7-19(14)16(20)23/h1-4,6,12,21-22H,5,7H2/t12-/m1/s1. The number of benzene rings is 1. The van der Waals surface area contributed by atoms with Gasteiger partial charge in [-0.2, -0.15) is 5.26 Å². The molecule has 4 rings (SSSR count). The van der Waals surface area contributed by atoms with Gasteiger partial charge in [-0.1, -0.05) is 0 Å². The quantitative estimate of drug-likeness (QED) is 0.703. The smallest absolute Gasteiger partial charge is 0.336 e. The van der Waals surface area contributed by atoms with Crippen molar-refractivity contribution in [1.29, 1.82) is 5.26 Å². The van der Waals surface area contributed by atoms with Crippen LogP contribution in [0.4, 0.5) is 0 Å². The minimum Gasteiger partial charge on any atom is -0.493 e. The third kappa shape index (κ3) is 1.73. The van der Waals surface area contributed by atoms with Crippen molar-refractivity contribution >= 4 is 10.9 Å². The normalized spacial score (nSPS) is 16.4. The minimum atomic E-state index is -0.860. The number of nitrogens with zero attached hydrogens (tertiary/aromatic N) is 4. The van der Waals surface area contributed by atoms with Crippen LogP contribution < -0.4 is 5.69 Å². The van der Waals surface area contributed by atoms with E-state index >= 15 is 0 Å². The first kappa shape index (κ1) is 13.5. The van der Waals surface area contributed by atoms with Gasteiger partial charge in [0.05, 0.1) is 22.8 Å². The summed E-state index contributed by atoms with van der Waals surface area (Å²) in [7, 11) is 0. The molecule has 0 aliphatic carbocycles. The molecule has 1 aliphatic heterocycles. The van der Waals surface area contributed by atoms with E-state index in [1.807, 2.05) is 0 Å². The van der Waals surface area contributed by atoms with Gasteiger partial charge >= 0.3 is 5.69 Å². The van der Waals surface area contributed by atoms with Gasteiger partial charge in [0.1, 0.15) is 11.8 Å². The van der Waals surface area contributed by atoms with E-state index in [-0.39, 0.29) is 11.6 Å². The molecule has 0 saturated heterocycles. The summed E-state index contributed by atoms with van der Waals surface area (Å²) in [5.41, 5.74) is 1.07. The Bertz CT molecular complexity index is 1040. The molecule has 1 atom stereocenters. The van der Waals surface area contributed by atoms with Gasteiger partial charge in [0.2, 0.25) is 5.88 Å². The number of aliphatic hydroxyl groups is 1. The number of pyridine rings is 1. The van der Waals surface area contributed by atoms with Gasteiger partial charge in [0.25, 0.3) is 0 Å². The maximum absolute atomic E-state index is 12.6. The van der Waals surface area contributed by atoms with Crippen molar-refractivity contribution < 1.29 is 10.2 Å². The highest BCUT2D eigenvalue weighted by atomic mass is 16.3. The van der Waals surface area contributed by atoms with Crippen molar-refractivity contribution in [2.75, 3.05) is 0 Å². The molecule has 0 spiro atoms. The maximum Gasteiger partial charge on any atom is 0.336 e. The number of aromatic hydroxyl groups is 1. The predicted octanol–water partition coefficient (Wildman–Crippen LogP) is 1.20. The average Bonchev–Trinajstić information content (AvgIpc) is 3.07. The van der Waals surface area contributed by atoms with Crippen LogP contribution in [0.5, 0.6) is 5.88 Å². The molecular formula is C16H12N4O3. The maximum atomic E-state index is 12.6. The fourth-order valence-corrected chi connectivity index (χ4v) is 3.14. The van der Waals surface area contributed by atoms with Crippen LogP contribution in [0.25, 0.3) is 16.6 Å². The molecule has 1 aromatic carbocycles. The summed E-state index contributed by atoms with van der Waals surface area (Å²) < 4.78 is 2.50. The molecule has 2 N–H and O–H groups in total. The van der Waals surface area contributed by atoms with E-state index in [0.29, 0.717) is 35.1 Å². The summed E-state index contributed by atoms with van der Waals surface area (Å²) in [6.07, 6.45) is 1.11. The molecule has 23 heavy (non-hydrogen) atoms. The zero-order valence-electron chi connectivity index (χ0n) is 12.0. The largest absolute Gasteiger partial charge is 0.493 e. The Morgan fingerprint density at radius 2 is 2.17 bits per heavy atom. The Morgan fingerprint density at radius 1 is 1.35 bits per heavy atom. The number of nitriles is 1. The van der Waals surface area contributed by atoms with Crippen molar-refractivity contribution in [2.45, 2.75) is 19.1 Å². The second kappa shape index (κ2) is 4.69. The first-order chi connectivity index (χ1) is 11.1. The third-order valence-electron chi connectivity index (χ3n) is 4.21. The van der Waals surface area contributed by atoms with E-state index in [1.54, 1.807) is 30.5 Å². The van der Waals surface area contributed by atoms with Crippen LogP contribution >= 0.6 is 0 Å². The molecule has 0 saturated carbocycles. The first-order valence-electron chi connectivity index (χ1n) is 7.14. The van der Waals surface area contributed by atoms with Gasteiger partial charge in [0, 0.05) is 18.1 Å². The second-order valence-corrected chi connectivity index (χ2v) is 5.43. The molecule has 0 radical (unpaired) electrons. The van der Waals surface area contributed by atoms with Gasteiger partial charge in [0.15, 0.2) is 0 Å². The van der Waals surface area contributed by atoms with Gasteiger partial charge in [-0.15, -0.1) is 0 Å². The lowest BCUT2D eigenvalue weighted by Crippen LogP contribution is -2.22. The lowest BCUT2D eigenvalue weighted by Gasteiger charge is -2.09. The lowest BCUT2D eigenvalue weighted by molar-refractivity contribution is 0.175. The van der Waals surface area contributed by atoms with Crippen molar-refractivity contribution in [3.8, 4) is 17.6 Å². The summed E-state index contributed by atoms with van der Waals surface area (Å²) in [6, 6.07) is 8.71. The Kier molecular flexibility index (Phi) is 2.76. The highest BCUT2D eigenvalue weighted by molar-refractivity contribution is 5.91. The highest BCUT2D eigenvalue weighted by Gasteiger charge is 2.31. The van der Waals surface area contributed by atoms with E-state index in [4.69, 9.17) is 0 Å². The van der Waals surface area contributed by atoms with E-state index in [9.17, 15) is 20.3 Å². The Labute approximate surface area is 130 Å². The summed E-state index contributed by atoms with van der Waals surface area (Å²) in [5, 5.41) is 30.2. The van der Waals surface area contributed by atoms with Crippen LogP contribution in [0.3, 0.4) is 0 Å². The highest BCUT2D eigenvalue weighted by Crippen LogP contribution is 2.34. The van der Waals surface area contributed by atoms with Crippen LogP contribution in [-0.2, 0) is 6.54 Å². The number of rotatable bonds is 1. The molecule has 114 valence electrons. The van der Waals surface area contributed by atoms with E-state index in [2.05, 4.69) is 11.1 Å². The molecule has 0 bridgehead atoms. The summed E-state index contributed by atoms with van der Waals surface area (Å²) in [5.74, 6) is -0.281. The zero-order valence-corrected chi connectivity index (χ0v) is 12.0. The van der Waals surface area contributed by atoms with Crippen LogP contribution in [-0.4, -0.2) is 24.3 Å². The minimum absolute atomic E-state index is 0.225. The Hall–Kier alpha value is -3.11. The van der Waals surface area contributed by atoms with Crippen LogP contribution in [0.2, 0.25) is 0 Å². The molecule has 2 aromatic heterocycles. The van der Waals surface area contributed by atoms with Crippen molar-refractivity contribution in [3.63, 3.8) is 0 Å². The molecule has 0 unspecified atom stereocenters. The molecule has 1 aliphatic rings. The van der Waals surface area contributed by atoms with Crippen molar-refractivity contribution in [1.82, 2.24) is 14.1 Å². The third-order valence-corrected chi connectivity index (χ3v) is 4.21. The number of aromatic nitrogens is 3. The zero-order chi connectivity index (χ0) is 16.1. The SMILES string of the molecule is N#Cc1ccc(-n2c(O)c3n(c2=O)CC[C@H]3O)c2ncccc12. The topological polar surface area (TPSA) is 104 Å². The summed E-state index contributed by atoms with van der Waals surface area (Å²) >= 11 is 0.